The molecule has 0 saturated heterocycles. The zero-order valence-electron chi connectivity index (χ0n) is 12.6. The molecule has 8 heteroatoms. The van der Waals surface area contributed by atoms with Crippen LogP contribution in [0.1, 0.15) is 11.1 Å². The molecule has 0 atom stereocenters. The molecule has 0 aliphatic heterocycles. The average molecular weight is 310 g/mol. The van der Waals surface area contributed by atoms with Gasteiger partial charge in [-0.25, -0.2) is 14.6 Å². The van der Waals surface area contributed by atoms with Crippen molar-refractivity contribution in [1.82, 2.24) is 19.7 Å². The summed E-state index contributed by atoms with van der Waals surface area (Å²) in [7, 11) is 0. The molecule has 3 rings (SSSR count). The third kappa shape index (κ3) is 3.15. The van der Waals surface area contributed by atoms with Crippen LogP contribution in [0.3, 0.4) is 0 Å². The van der Waals surface area contributed by atoms with Crippen molar-refractivity contribution >= 4 is 17.3 Å². The molecule has 3 aromatic rings. The SMILES string of the molecule is Cc1ccc(-n2cc(Nc3ncc([N+](=O)[O-])cn3)cn2)c(C)c1. The van der Waals surface area contributed by atoms with E-state index in [9.17, 15) is 10.1 Å². The maximum Gasteiger partial charge on any atom is 0.305 e. The Morgan fingerprint density at radius 1 is 1.17 bits per heavy atom. The second kappa shape index (κ2) is 5.84. The van der Waals surface area contributed by atoms with Crippen LogP contribution in [-0.2, 0) is 0 Å². The number of benzene rings is 1. The molecule has 2 heterocycles. The minimum atomic E-state index is -0.540. The second-order valence-electron chi connectivity index (χ2n) is 5.11. The van der Waals surface area contributed by atoms with Crippen LogP contribution in [0.5, 0.6) is 0 Å². The van der Waals surface area contributed by atoms with E-state index in [2.05, 4.69) is 26.4 Å². The highest BCUT2D eigenvalue weighted by molar-refractivity contribution is 5.53. The number of anilines is 2. The molecule has 0 unspecified atom stereocenters. The van der Waals surface area contributed by atoms with Crippen LogP contribution in [0, 0.1) is 24.0 Å². The van der Waals surface area contributed by atoms with Crippen LogP contribution in [0.25, 0.3) is 5.69 Å². The molecular weight excluding hydrogens is 296 g/mol. The Morgan fingerprint density at radius 2 is 1.91 bits per heavy atom. The number of aryl methyl sites for hydroxylation is 2. The molecule has 8 nitrogen and oxygen atoms in total. The molecule has 1 aromatic carbocycles. The van der Waals surface area contributed by atoms with Gasteiger partial charge in [-0.2, -0.15) is 5.10 Å². The van der Waals surface area contributed by atoms with Crippen LogP contribution >= 0.6 is 0 Å². The number of nitro groups is 1. The van der Waals surface area contributed by atoms with E-state index in [1.54, 1.807) is 10.9 Å². The maximum atomic E-state index is 10.6. The largest absolute Gasteiger partial charge is 0.321 e. The maximum absolute atomic E-state index is 10.6. The quantitative estimate of drug-likeness (QED) is 0.587. The Morgan fingerprint density at radius 3 is 2.57 bits per heavy atom. The summed E-state index contributed by atoms with van der Waals surface area (Å²) in [5.41, 5.74) is 3.83. The number of rotatable bonds is 4. The number of nitrogens with zero attached hydrogens (tertiary/aromatic N) is 5. The monoisotopic (exact) mass is 310 g/mol. The molecule has 0 aliphatic rings. The first-order valence-corrected chi connectivity index (χ1v) is 6.89. The summed E-state index contributed by atoms with van der Waals surface area (Å²) in [6.07, 6.45) is 5.76. The zero-order chi connectivity index (χ0) is 16.4. The first-order valence-electron chi connectivity index (χ1n) is 6.89. The van der Waals surface area contributed by atoms with E-state index in [0.717, 1.165) is 23.6 Å². The molecule has 0 bridgehead atoms. The summed E-state index contributed by atoms with van der Waals surface area (Å²) in [4.78, 5) is 17.8. The summed E-state index contributed by atoms with van der Waals surface area (Å²) in [5, 5.41) is 17.9. The number of nitrogens with one attached hydrogen (secondary N) is 1. The molecule has 0 fully saturated rings. The van der Waals surface area contributed by atoms with E-state index >= 15 is 0 Å². The van der Waals surface area contributed by atoms with Crippen molar-refractivity contribution in [3.8, 4) is 5.69 Å². The highest BCUT2D eigenvalue weighted by Crippen LogP contribution is 2.19. The van der Waals surface area contributed by atoms with E-state index in [-0.39, 0.29) is 11.6 Å². The first kappa shape index (κ1) is 14.6. The summed E-state index contributed by atoms with van der Waals surface area (Å²) >= 11 is 0. The van der Waals surface area contributed by atoms with Crippen molar-refractivity contribution in [1.29, 1.82) is 0 Å². The van der Waals surface area contributed by atoms with Gasteiger partial charge in [-0.3, -0.25) is 10.1 Å². The molecule has 0 radical (unpaired) electrons. The van der Waals surface area contributed by atoms with Gasteiger partial charge in [0, 0.05) is 0 Å². The van der Waals surface area contributed by atoms with Gasteiger partial charge in [0.25, 0.3) is 0 Å². The van der Waals surface area contributed by atoms with Crippen LogP contribution in [0.4, 0.5) is 17.3 Å². The highest BCUT2D eigenvalue weighted by Gasteiger charge is 2.08. The topological polar surface area (TPSA) is 98.8 Å². The van der Waals surface area contributed by atoms with E-state index in [1.165, 1.54) is 5.56 Å². The molecule has 1 N–H and O–H groups in total. The zero-order valence-corrected chi connectivity index (χ0v) is 12.6. The Kier molecular flexibility index (Phi) is 3.71. The molecule has 0 spiro atoms. The van der Waals surface area contributed by atoms with Gasteiger partial charge in [0.2, 0.25) is 5.95 Å². The van der Waals surface area contributed by atoms with Crippen molar-refractivity contribution < 1.29 is 4.92 Å². The smallest absolute Gasteiger partial charge is 0.305 e. The Labute approximate surface area is 132 Å². The molecule has 0 aliphatic carbocycles. The van der Waals surface area contributed by atoms with E-state index in [0.29, 0.717) is 5.69 Å². The molecule has 2 aromatic heterocycles. The van der Waals surface area contributed by atoms with Crippen molar-refractivity contribution in [3.05, 3.63) is 64.2 Å². The van der Waals surface area contributed by atoms with Crippen LogP contribution in [-0.4, -0.2) is 24.7 Å². The van der Waals surface area contributed by atoms with Crippen molar-refractivity contribution in [2.24, 2.45) is 0 Å². The fourth-order valence-corrected chi connectivity index (χ4v) is 2.19. The first-order chi connectivity index (χ1) is 11.0. The number of hydrogen-bond donors (Lipinski definition) is 1. The van der Waals surface area contributed by atoms with Gasteiger partial charge in [0.1, 0.15) is 12.4 Å². The van der Waals surface area contributed by atoms with Crippen LogP contribution in [0.15, 0.2) is 43.0 Å². The van der Waals surface area contributed by atoms with E-state index in [4.69, 9.17) is 0 Å². The number of aromatic nitrogens is 4. The van der Waals surface area contributed by atoms with Gasteiger partial charge in [-0.05, 0) is 25.5 Å². The van der Waals surface area contributed by atoms with Gasteiger partial charge in [0.05, 0.1) is 28.7 Å². The fraction of sp³-hybridized carbons (Fsp3) is 0.133. The van der Waals surface area contributed by atoms with Crippen LogP contribution < -0.4 is 5.32 Å². The molecule has 23 heavy (non-hydrogen) atoms. The normalized spacial score (nSPS) is 10.5. The van der Waals surface area contributed by atoms with Crippen molar-refractivity contribution in [3.63, 3.8) is 0 Å². The lowest BCUT2D eigenvalue weighted by Crippen LogP contribution is -1.99. The van der Waals surface area contributed by atoms with Gasteiger partial charge < -0.3 is 5.32 Å². The van der Waals surface area contributed by atoms with Crippen molar-refractivity contribution in [2.45, 2.75) is 13.8 Å². The molecule has 116 valence electrons. The lowest BCUT2D eigenvalue weighted by molar-refractivity contribution is -0.385. The predicted molar refractivity (Wildman–Crippen MR) is 85.0 cm³/mol. The van der Waals surface area contributed by atoms with Crippen LogP contribution in [0.2, 0.25) is 0 Å². The average Bonchev–Trinajstić information content (AvgIpc) is 2.96. The predicted octanol–water partition coefficient (Wildman–Crippen LogP) is 2.93. The van der Waals surface area contributed by atoms with Gasteiger partial charge >= 0.3 is 5.69 Å². The molecule has 0 amide bonds. The standard InChI is InChI=1S/C15H14N6O2/c1-10-3-4-14(11(2)5-10)20-9-12(6-18-20)19-15-16-7-13(8-17-15)21(22)23/h3-9H,1-2H3,(H,16,17,19). The van der Waals surface area contributed by atoms with Gasteiger partial charge in [-0.1, -0.05) is 17.7 Å². The molecular formula is C15H14N6O2. The third-order valence-corrected chi connectivity index (χ3v) is 3.29. The third-order valence-electron chi connectivity index (χ3n) is 3.29. The van der Waals surface area contributed by atoms with Gasteiger partial charge in [0.15, 0.2) is 0 Å². The highest BCUT2D eigenvalue weighted by atomic mass is 16.6. The Balaban J connectivity index is 1.80. The molecule has 0 saturated carbocycles. The summed E-state index contributed by atoms with van der Waals surface area (Å²) in [6.45, 7) is 4.06. The van der Waals surface area contributed by atoms with E-state index in [1.807, 2.05) is 32.2 Å². The number of hydrogen-bond acceptors (Lipinski definition) is 6. The Bertz CT molecular complexity index is 857. The second-order valence-corrected chi connectivity index (χ2v) is 5.11. The van der Waals surface area contributed by atoms with Gasteiger partial charge in [-0.15, -0.1) is 0 Å². The lowest BCUT2D eigenvalue weighted by Gasteiger charge is -2.06. The Hall–Kier alpha value is -3.29. The summed E-state index contributed by atoms with van der Waals surface area (Å²) in [5.74, 6) is 0.274. The minimum absolute atomic E-state index is 0.151. The summed E-state index contributed by atoms with van der Waals surface area (Å²) < 4.78 is 1.75. The minimum Gasteiger partial charge on any atom is -0.321 e. The fourth-order valence-electron chi connectivity index (χ4n) is 2.19. The lowest BCUT2D eigenvalue weighted by atomic mass is 10.1. The van der Waals surface area contributed by atoms with E-state index < -0.39 is 4.92 Å². The summed E-state index contributed by atoms with van der Waals surface area (Å²) in [6, 6.07) is 6.12. The van der Waals surface area contributed by atoms with Crippen molar-refractivity contribution in [2.75, 3.05) is 5.32 Å².